The highest BCUT2D eigenvalue weighted by atomic mass is 16.3. The fraction of sp³-hybridized carbons (Fsp3) is 0.522. The molecule has 0 amide bonds. The topological polar surface area (TPSA) is 60.8 Å². The molecule has 0 fully saturated rings. The van der Waals surface area contributed by atoms with Crippen LogP contribution in [0.4, 0.5) is 5.69 Å². The number of Topliss-reactive ketones (excluding diaryl/α,β-unsaturated/α-hetero) is 1. The number of hydrogen-bond donors (Lipinski definition) is 2. The SMILES string of the molecule is CN(CC(O)CO)c1ccc2cc(C(=O)C(C)(C)CC(C)(C)C)ccc2c1. The van der Waals surface area contributed by atoms with E-state index in [2.05, 4.69) is 20.8 Å². The molecule has 0 saturated carbocycles. The lowest BCUT2D eigenvalue weighted by atomic mass is 9.72. The number of fused-ring (bicyclic) bond motifs is 1. The van der Waals surface area contributed by atoms with E-state index in [-0.39, 0.29) is 17.8 Å². The van der Waals surface area contributed by atoms with Gasteiger partial charge in [-0.25, -0.2) is 0 Å². The molecule has 1 unspecified atom stereocenters. The van der Waals surface area contributed by atoms with Crippen molar-refractivity contribution < 1.29 is 15.0 Å². The Bertz CT molecular complexity index is 805. The van der Waals surface area contributed by atoms with Gasteiger partial charge in [0.15, 0.2) is 5.78 Å². The second-order valence-electron chi connectivity index (χ2n) is 9.41. The highest BCUT2D eigenvalue weighted by molar-refractivity contribution is 6.03. The van der Waals surface area contributed by atoms with Gasteiger partial charge in [-0.1, -0.05) is 52.8 Å². The Balaban J connectivity index is 2.28. The average Bonchev–Trinajstić information content (AvgIpc) is 2.57. The summed E-state index contributed by atoms with van der Waals surface area (Å²) in [6.07, 6.45) is 0.0593. The number of rotatable bonds is 7. The van der Waals surface area contributed by atoms with Crippen LogP contribution >= 0.6 is 0 Å². The number of carbonyl (C=O) groups excluding carboxylic acids is 1. The van der Waals surface area contributed by atoms with Crippen molar-refractivity contribution in [3.8, 4) is 0 Å². The van der Waals surface area contributed by atoms with Crippen molar-refractivity contribution in [3.63, 3.8) is 0 Å². The van der Waals surface area contributed by atoms with Crippen LogP contribution in [0.1, 0.15) is 51.4 Å². The summed E-state index contributed by atoms with van der Waals surface area (Å²) in [5, 5.41) is 20.7. The zero-order valence-corrected chi connectivity index (χ0v) is 17.4. The predicted molar refractivity (Wildman–Crippen MR) is 112 cm³/mol. The number of benzene rings is 2. The van der Waals surface area contributed by atoms with Crippen LogP contribution < -0.4 is 4.90 Å². The summed E-state index contributed by atoms with van der Waals surface area (Å²) in [5.41, 5.74) is 1.39. The van der Waals surface area contributed by atoms with E-state index in [0.29, 0.717) is 6.54 Å². The number of carbonyl (C=O) groups is 1. The van der Waals surface area contributed by atoms with E-state index in [1.165, 1.54) is 0 Å². The summed E-state index contributed by atoms with van der Waals surface area (Å²) in [5.74, 6) is 0.173. The number of anilines is 1. The van der Waals surface area contributed by atoms with E-state index in [1.807, 2.05) is 62.2 Å². The molecule has 0 aliphatic carbocycles. The van der Waals surface area contributed by atoms with Crippen LogP contribution in [0.15, 0.2) is 36.4 Å². The third kappa shape index (κ3) is 5.53. The smallest absolute Gasteiger partial charge is 0.168 e. The molecule has 0 radical (unpaired) electrons. The predicted octanol–water partition coefficient (Wildman–Crippen LogP) is 4.27. The van der Waals surface area contributed by atoms with Gasteiger partial charge in [-0.05, 0) is 40.8 Å². The first-order valence-corrected chi connectivity index (χ1v) is 9.52. The lowest BCUT2D eigenvalue weighted by molar-refractivity contribution is 0.0770. The van der Waals surface area contributed by atoms with Crippen LogP contribution in [0.2, 0.25) is 0 Å². The summed E-state index contributed by atoms with van der Waals surface area (Å²) in [6, 6.07) is 11.9. The van der Waals surface area contributed by atoms with Crippen molar-refractivity contribution in [3.05, 3.63) is 42.0 Å². The number of likely N-dealkylation sites (N-methyl/N-ethyl adjacent to an activating group) is 1. The first-order chi connectivity index (χ1) is 12.4. The van der Waals surface area contributed by atoms with Gasteiger partial charge in [0.1, 0.15) is 0 Å². The Morgan fingerprint density at radius 1 is 1.04 bits per heavy atom. The molecular weight excluding hydrogens is 338 g/mol. The highest BCUT2D eigenvalue weighted by Gasteiger charge is 2.33. The molecule has 0 saturated heterocycles. The zero-order valence-electron chi connectivity index (χ0n) is 17.4. The fourth-order valence-electron chi connectivity index (χ4n) is 3.89. The van der Waals surface area contributed by atoms with Gasteiger partial charge in [-0.2, -0.15) is 0 Å². The third-order valence-electron chi connectivity index (χ3n) is 4.81. The second kappa shape index (κ2) is 7.99. The molecule has 4 nitrogen and oxygen atoms in total. The lowest BCUT2D eigenvalue weighted by Gasteiger charge is -2.31. The van der Waals surface area contributed by atoms with Gasteiger partial charge in [0.2, 0.25) is 0 Å². The van der Waals surface area contributed by atoms with E-state index < -0.39 is 11.5 Å². The average molecular weight is 372 g/mol. The van der Waals surface area contributed by atoms with Gasteiger partial charge in [-0.15, -0.1) is 0 Å². The number of aliphatic hydroxyl groups is 2. The first-order valence-electron chi connectivity index (χ1n) is 9.52. The number of nitrogens with zero attached hydrogens (tertiary/aromatic N) is 1. The first kappa shape index (κ1) is 21.4. The van der Waals surface area contributed by atoms with Crippen LogP contribution in [-0.2, 0) is 0 Å². The normalized spacial score (nSPS) is 13.6. The molecule has 2 rings (SSSR count). The molecule has 27 heavy (non-hydrogen) atoms. The molecule has 148 valence electrons. The van der Waals surface area contributed by atoms with Crippen molar-refractivity contribution in [1.29, 1.82) is 0 Å². The van der Waals surface area contributed by atoms with Crippen LogP contribution in [0.5, 0.6) is 0 Å². The summed E-state index contributed by atoms with van der Waals surface area (Å²) >= 11 is 0. The summed E-state index contributed by atoms with van der Waals surface area (Å²) in [4.78, 5) is 15.0. The van der Waals surface area contributed by atoms with Crippen LogP contribution in [-0.4, -0.2) is 42.3 Å². The van der Waals surface area contributed by atoms with Gasteiger partial charge >= 0.3 is 0 Å². The minimum atomic E-state index is -0.768. The third-order valence-corrected chi connectivity index (χ3v) is 4.81. The number of hydrogen-bond acceptors (Lipinski definition) is 4. The van der Waals surface area contributed by atoms with Gasteiger partial charge in [-0.3, -0.25) is 4.79 Å². The number of aliphatic hydroxyl groups excluding tert-OH is 2. The molecular formula is C23H33NO3. The van der Waals surface area contributed by atoms with E-state index >= 15 is 0 Å². The van der Waals surface area contributed by atoms with Crippen molar-refractivity contribution >= 4 is 22.2 Å². The molecule has 0 aliphatic heterocycles. The van der Waals surface area contributed by atoms with Crippen LogP contribution in [0.25, 0.3) is 10.8 Å². The summed E-state index contributed by atoms with van der Waals surface area (Å²) in [6.45, 7) is 10.6. The van der Waals surface area contributed by atoms with Crippen molar-refractivity contribution in [2.45, 2.75) is 47.1 Å². The molecule has 2 aromatic carbocycles. The molecule has 0 heterocycles. The maximum Gasteiger partial charge on any atom is 0.168 e. The molecule has 2 aromatic rings. The second-order valence-corrected chi connectivity index (χ2v) is 9.41. The highest BCUT2D eigenvalue weighted by Crippen LogP contribution is 2.36. The Hall–Kier alpha value is -1.91. The zero-order chi connectivity index (χ0) is 20.4. The quantitative estimate of drug-likeness (QED) is 0.714. The summed E-state index contributed by atoms with van der Waals surface area (Å²) in [7, 11) is 1.88. The van der Waals surface area contributed by atoms with Gasteiger partial charge in [0.25, 0.3) is 0 Å². The Kier molecular flexibility index (Phi) is 6.33. The molecule has 1 atom stereocenters. The molecule has 2 N–H and O–H groups in total. The Morgan fingerprint density at radius 2 is 1.63 bits per heavy atom. The standard InChI is InChI=1S/C23H33NO3/c1-22(2,3)15-23(4,5)21(27)18-8-7-17-12-19(10-9-16(17)11-18)24(6)13-20(26)14-25/h7-12,20,25-26H,13-15H2,1-6H3. The Labute approximate surface area is 162 Å². The molecule has 0 aromatic heterocycles. The maximum absolute atomic E-state index is 13.1. The largest absolute Gasteiger partial charge is 0.394 e. The Morgan fingerprint density at radius 3 is 2.22 bits per heavy atom. The van der Waals surface area contributed by atoms with Gasteiger partial charge in [0.05, 0.1) is 12.7 Å². The van der Waals surface area contributed by atoms with Crippen LogP contribution in [0.3, 0.4) is 0 Å². The molecule has 0 aliphatic rings. The van der Waals surface area contributed by atoms with E-state index in [9.17, 15) is 9.90 Å². The number of ketones is 1. The van der Waals surface area contributed by atoms with Crippen molar-refractivity contribution in [2.75, 3.05) is 25.1 Å². The maximum atomic E-state index is 13.1. The monoisotopic (exact) mass is 371 g/mol. The molecule has 0 spiro atoms. The minimum absolute atomic E-state index is 0.0919. The van der Waals surface area contributed by atoms with Crippen molar-refractivity contribution in [1.82, 2.24) is 0 Å². The minimum Gasteiger partial charge on any atom is -0.394 e. The van der Waals surface area contributed by atoms with Crippen molar-refractivity contribution in [2.24, 2.45) is 10.8 Å². The molecule has 4 heteroatoms. The van der Waals surface area contributed by atoms with Gasteiger partial charge in [0, 0.05) is 30.3 Å². The molecule has 0 bridgehead atoms. The fourth-order valence-corrected chi connectivity index (χ4v) is 3.89. The van der Waals surface area contributed by atoms with E-state index in [4.69, 9.17) is 5.11 Å². The lowest BCUT2D eigenvalue weighted by Crippen LogP contribution is -2.31. The van der Waals surface area contributed by atoms with Crippen LogP contribution in [0, 0.1) is 10.8 Å². The summed E-state index contributed by atoms with van der Waals surface area (Å²) < 4.78 is 0. The van der Waals surface area contributed by atoms with Gasteiger partial charge < -0.3 is 15.1 Å². The van der Waals surface area contributed by atoms with E-state index in [0.717, 1.165) is 28.4 Å². The van der Waals surface area contributed by atoms with E-state index in [1.54, 1.807) is 0 Å².